The van der Waals surface area contributed by atoms with Crippen LogP contribution in [-0.4, -0.2) is 26.5 Å². The van der Waals surface area contributed by atoms with Crippen LogP contribution >= 0.6 is 12.2 Å². The number of Topliss-reactive ketones (excluding diaryl/α,β-unsaturated/α-hetero) is 1. The quantitative estimate of drug-likeness (QED) is 0.658. The minimum atomic E-state index is -0.368. The highest BCUT2D eigenvalue weighted by molar-refractivity contribution is 7.80. The molecule has 1 heterocycles. The van der Waals surface area contributed by atoms with E-state index in [1.165, 1.54) is 0 Å². The number of thiocarbonyl (C=S) groups is 1. The number of nitrogens with zero attached hydrogens (tertiary/aromatic N) is 2. The van der Waals surface area contributed by atoms with Crippen LogP contribution in [0.5, 0.6) is 0 Å². The Balaban J connectivity index is 1.66. The monoisotopic (exact) mass is 403 g/mol. The molecule has 29 heavy (non-hydrogen) atoms. The first kappa shape index (κ1) is 19.2. The predicted molar refractivity (Wildman–Crippen MR) is 116 cm³/mol. The first-order valence-electron chi connectivity index (χ1n) is 9.72. The van der Waals surface area contributed by atoms with Crippen molar-refractivity contribution in [1.29, 1.82) is 0 Å². The molecule has 2 aromatic carbocycles. The van der Waals surface area contributed by atoms with Gasteiger partial charge in [-0.2, -0.15) is 5.10 Å². The van der Waals surface area contributed by atoms with Gasteiger partial charge in [0.05, 0.1) is 22.2 Å². The van der Waals surface area contributed by atoms with Gasteiger partial charge in [-0.15, -0.1) is 0 Å². The molecule has 1 fully saturated rings. The number of carbonyl (C=O) groups is 2. The SMILES string of the molecule is O=C(NC(=S)C1CCCCC1=O)c1cn(-c2ccccc2)nc1-c1ccccc1. The Hall–Kier alpha value is -3.12. The molecule has 0 saturated heterocycles. The maximum absolute atomic E-state index is 13.1. The minimum Gasteiger partial charge on any atom is -0.316 e. The van der Waals surface area contributed by atoms with Crippen molar-refractivity contribution in [2.75, 3.05) is 0 Å². The lowest BCUT2D eigenvalue weighted by atomic mass is 9.88. The number of benzene rings is 2. The Bertz CT molecular complexity index is 1040. The normalized spacial score (nSPS) is 16.4. The van der Waals surface area contributed by atoms with Crippen molar-refractivity contribution >= 4 is 28.9 Å². The molecule has 0 radical (unpaired) electrons. The number of para-hydroxylation sites is 1. The van der Waals surface area contributed by atoms with E-state index < -0.39 is 0 Å². The lowest BCUT2D eigenvalue weighted by Gasteiger charge is -2.21. The average molecular weight is 404 g/mol. The zero-order valence-electron chi connectivity index (χ0n) is 15.9. The van der Waals surface area contributed by atoms with Gasteiger partial charge in [-0.3, -0.25) is 9.59 Å². The van der Waals surface area contributed by atoms with E-state index in [2.05, 4.69) is 10.4 Å². The van der Waals surface area contributed by atoms with Gasteiger partial charge >= 0.3 is 0 Å². The molecule has 1 atom stereocenters. The highest BCUT2D eigenvalue weighted by atomic mass is 32.1. The van der Waals surface area contributed by atoms with Gasteiger partial charge in [0.25, 0.3) is 5.91 Å². The van der Waals surface area contributed by atoms with Crippen LogP contribution in [0.2, 0.25) is 0 Å². The van der Waals surface area contributed by atoms with Crippen molar-refractivity contribution < 1.29 is 9.59 Å². The second-order valence-electron chi connectivity index (χ2n) is 7.12. The molecule has 1 N–H and O–H groups in total. The van der Waals surface area contributed by atoms with E-state index in [1.54, 1.807) is 10.9 Å². The Morgan fingerprint density at radius 3 is 2.41 bits per heavy atom. The Labute approximate surface area is 174 Å². The highest BCUT2D eigenvalue weighted by Crippen LogP contribution is 2.25. The molecule has 0 spiro atoms. The van der Waals surface area contributed by atoms with Crippen LogP contribution < -0.4 is 5.32 Å². The number of ketones is 1. The average Bonchev–Trinajstić information content (AvgIpc) is 3.21. The molecule has 1 aliphatic carbocycles. The summed E-state index contributed by atoms with van der Waals surface area (Å²) in [5.74, 6) is -0.591. The Morgan fingerprint density at radius 2 is 1.72 bits per heavy atom. The van der Waals surface area contributed by atoms with Gasteiger partial charge in [-0.1, -0.05) is 67.2 Å². The van der Waals surface area contributed by atoms with Crippen LogP contribution in [0.25, 0.3) is 16.9 Å². The number of amides is 1. The number of carbonyl (C=O) groups excluding carboxylic acids is 2. The van der Waals surface area contributed by atoms with Gasteiger partial charge < -0.3 is 5.32 Å². The summed E-state index contributed by atoms with van der Waals surface area (Å²) in [5, 5.41) is 7.44. The van der Waals surface area contributed by atoms with Gasteiger partial charge in [0.2, 0.25) is 0 Å². The fourth-order valence-electron chi connectivity index (χ4n) is 3.59. The summed E-state index contributed by atoms with van der Waals surface area (Å²) in [6, 6.07) is 19.2. The zero-order valence-corrected chi connectivity index (χ0v) is 16.7. The van der Waals surface area contributed by atoms with E-state index in [-0.39, 0.29) is 17.6 Å². The van der Waals surface area contributed by atoms with Crippen LogP contribution in [0, 0.1) is 5.92 Å². The standard InChI is InChI=1S/C23H21N3O2S/c27-20-14-8-7-13-18(20)23(29)24-22(28)19-15-26(17-11-5-2-6-12-17)25-21(19)16-9-3-1-4-10-16/h1-6,9-12,15,18H,7-8,13-14H2,(H,24,28,29). The second kappa shape index (κ2) is 8.49. The molecule has 3 aromatic rings. The molecular weight excluding hydrogens is 382 g/mol. The van der Waals surface area contributed by atoms with Gasteiger partial charge in [-0.05, 0) is 25.0 Å². The molecule has 1 unspecified atom stereocenters. The van der Waals surface area contributed by atoms with E-state index >= 15 is 0 Å². The third kappa shape index (κ3) is 4.17. The van der Waals surface area contributed by atoms with Crippen molar-refractivity contribution in [2.24, 2.45) is 5.92 Å². The van der Waals surface area contributed by atoms with Crippen LogP contribution in [0.4, 0.5) is 0 Å². The molecule has 1 amide bonds. The van der Waals surface area contributed by atoms with E-state index in [1.807, 2.05) is 60.7 Å². The van der Waals surface area contributed by atoms with Crippen molar-refractivity contribution in [1.82, 2.24) is 15.1 Å². The van der Waals surface area contributed by atoms with E-state index in [0.29, 0.717) is 29.1 Å². The predicted octanol–water partition coefficient (Wildman–Crippen LogP) is 4.36. The molecule has 0 aliphatic heterocycles. The molecule has 146 valence electrons. The summed E-state index contributed by atoms with van der Waals surface area (Å²) in [5.41, 5.74) is 2.69. The molecule has 1 aromatic heterocycles. The lowest BCUT2D eigenvalue weighted by molar-refractivity contribution is -0.122. The fraction of sp³-hybridized carbons (Fsp3) is 0.217. The van der Waals surface area contributed by atoms with Crippen molar-refractivity contribution in [2.45, 2.75) is 25.7 Å². The first-order valence-corrected chi connectivity index (χ1v) is 10.1. The molecular formula is C23H21N3O2S. The van der Waals surface area contributed by atoms with Gasteiger partial charge in [0, 0.05) is 18.2 Å². The molecule has 4 rings (SSSR count). The van der Waals surface area contributed by atoms with Gasteiger partial charge in [-0.25, -0.2) is 4.68 Å². The summed E-state index contributed by atoms with van der Waals surface area (Å²) in [7, 11) is 0. The molecule has 1 aliphatic rings. The first-order chi connectivity index (χ1) is 14.1. The van der Waals surface area contributed by atoms with Crippen molar-refractivity contribution in [3.63, 3.8) is 0 Å². The number of rotatable bonds is 4. The topological polar surface area (TPSA) is 64.0 Å². The number of hydrogen-bond donors (Lipinski definition) is 1. The van der Waals surface area contributed by atoms with Crippen molar-refractivity contribution in [3.05, 3.63) is 72.4 Å². The van der Waals surface area contributed by atoms with E-state index in [0.717, 1.165) is 24.1 Å². The number of aromatic nitrogens is 2. The van der Waals surface area contributed by atoms with Gasteiger partial charge in [0.1, 0.15) is 11.5 Å². The van der Waals surface area contributed by atoms with Crippen LogP contribution in [0.15, 0.2) is 66.9 Å². The highest BCUT2D eigenvalue weighted by Gasteiger charge is 2.28. The van der Waals surface area contributed by atoms with Gasteiger partial charge in [0.15, 0.2) is 0 Å². The summed E-state index contributed by atoms with van der Waals surface area (Å²) in [4.78, 5) is 25.6. The van der Waals surface area contributed by atoms with Crippen molar-refractivity contribution in [3.8, 4) is 16.9 Å². The lowest BCUT2D eigenvalue weighted by Crippen LogP contribution is -2.39. The molecule has 6 heteroatoms. The Kier molecular flexibility index (Phi) is 5.62. The third-order valence-corrected chi connectivity index (χ3v) is 5.52. The Morgan fingerprint density at radius 1 is 1.03 bits per heavy atom. The maximum Gasteiger partial charge on any atom is 0.259 e. The van der Waals surface area contributed by atoms with Crippen LogP contribution in [0.1, 0.15) is 36.0 Å². The summed E-state index contributed by atoms with van der Waals surface area (Å²) < 4.78 is 1.69. The number of nitrogens with one attached hydrogen (secondary N) is 1. The zero-order chi connectivity index (χ0) is 20.2. The molecule has 0 bridgehead atoms. The van der Waals surface area contributed by atoms with E-state index in [4.69, 9.17) is 12.2 Å². The summed E-state index contributed by atoms with van der Waals surface area (Å²) >= 11 is 5.41. The summed E-state index contributed by atoms with van der Waals surface area (Å²) in [6.07, 6.45) is 4.79. The number of hydrogen-bond acceptors (Lipinski definition) is 4. The van der Waals surface area contributed by atoms with Crippen LogP contribution in [0.3, 0.4) is 0 Å². The molecule has 5 nitrogen and oxygen atoms in total. The van der Waals surface area contributed by atoms with E-state index in [9.17, 15) is 9.59 Å². The van der Waals surface area contributed by atoms with Crippen LogP contribution in [-0.2, 0) is 4.79 Å². The third-order valence-electron chi connectivity index (χ3n) is 5.13. The second-order valence-corrected chi connectivity index (χ2v) is 7.56. The fourth-order valence-corrected chi connectivity index (χ4v) is 3.93. The smallest absolute Gasteiger partial charge is 0.259 e. The molecule has 1 saturated carbocycles. The summed E-state index contributed by atoms with van der Waals surface area (Å²) in [6.45, 7) is 0. The minimum absolute atomic E-state index is 0.116. The maximum atomic E-state index is 13.1. The largest absolute Gasteiger partial charge is 0.316 e.